The maximum absolute atomic E-state index is 12.7. The average molecular weight is 407 g/mol. The molecular formula is C20H20Cl2N2OS. The van der Waals surface area contributed by atoms with Gasteiger partial charge in [-0.2, -0.15) is 5.26 Å². The Morgan fingerprint density at radius 1 is 1.31 bits per heavy atom. The van der Waals surface area contributed by atoms with Crippen LogP contribution in [0.3, 0.4) is 0 Å². The molecule has 26 heavy (non-hydrogen) atoms. The molecule has 1 heterocycles. The van der Waals surface area contributed by atoms with E-state index in [9.17, 15) is 10.1 Å². The molecule has 0 radical (unpaired) electrons. The SMILES string of the molecule is CC(C)(C)C1CCc2c(sc(NC(=O)c3c(Cl)cccc3Cl)c2C#N)C1. The number of hydrogen-bond donors (Lipinski definition) is 1. The maximum atomic E-state index is 12.7. The van der Waals surface area contributed by atoms with Crippen LogP contribution >= 0.6 is 34.5 Å². The third-order valence-electron chi connectivity index (χ3n) is 5.02. The van der Waals surface area contributed by atoms with Crippen LogP contribution in [0.25, 0.3) is 0 Å². The Balaban J connectivity index is 1.92. The van der Waals surface area contributed by atoms with Gasteiger partial charge >= 0.3 is 0 Å². The lowest BCUT2D eigenvalue weighted by Gasteiger charge is -2.33. The number of benzene rings is 1. The quantitative estimate of drug-likeness (QED) is 0.632. The van der Waals surface area contributed by atoms with Crippen molar-refractivity contribution in [3.63, 3.8) is 0 Å². The third-order valence-corrected chi connectivity index (χ3v) is 6.82. The topological polar surface area (TPSA) is 52.9 Å². The Kier molecular flexibility index (Phi) is 5.35. The van der Waals surface area contributed by atoms with Gasteiger partial charge in [-0.1, -0.05) is 50.0 Å². The summed E-state index contributed by atoms with van der Waals surface area (Å²) in [5.41, 5.74) is 2.12. The molecule has 0 aliphatic heterocycles. The van der Waals surface area contributed by atoms with Crippen LogP contribution in [0, 0.1) is 22.7 Å². The fraction of sp³-hybridized carbons (Fsp3) is 0.400. The van der Waals surface area contributed by atoms with Crippen LogP contribution in [0.5, 0.6) is 0 Å². The highest BCUT2D eigenvalue weighted by atomic mass is 35.5. The summed E-state index contributed by atoms with van der Waals surface area (Å²) in [5, 5.41) is 13.7. The fourth-order valence-electron chi connectivity index (χ4n) is 3.41. The van der Waals surface area contributed by atoms with Gasteiger partial charge in [0, 0.05) is 4.88 Å². The number of amides is 1. The van der Waals surface area contributed by atoms with Crippen molar-refractivity contribution < 1.29 is 4.79 Å². The van der Waals surface area contributed by atoms with Crippen molar-refractivity contribution in [3.05, 3.63) is 49.8 Å². The van der Waals surface area contributed by atoms with Gasteiger partial charge in [-0.15, -0.1) is 11.3 Å². The van der Waals surface area contributed by atoms with E-state index in [0.717, 1.165) is 24.8 Å². The van der Waals surface area contributed by atoms with Crippen LogP contribution < -0.4 is 5.32 Å². The second-order valence-corrected chi connectivity index (χ2v) is 9.60. The van der Waals surface area contributed by atoms with Crippen LogP contribution in [0.1, 0.15) is 53.6 Å². The molecule has 136 valence electrons. The van der Waals surface area contributed by atoms with Crippen LogP contribution in [0.2, 0.25) is 10.0 Å². The number of hydrogen-bond acceptors (Lipinski definition) is 3. The molecule has 0 bridgehead atoms. The Morgan fingerprint density at radius 2 is 1.96 bits per heavy atom. The van der Waals surface area contributed by atoms with E-state index >= 15 is 0 Å². The number of rotatable bonds is 2. The van der Waals surface area contributed by atoms with Gasteiger partial charge in [0.15, 0.2) is 0 Å². The number of carbonyl (C=O) groups is 1. The summed E-state index contributed by atoms with van der Waals surface area (Å²) in [6.07, 6.45) is 2.88. The van der Waals surface area contributed by atoms with E-state index in [2.05, 4.69) is 32.2 Å². The Hall–Kier alpha value is -1.54. The molecule has 1 aliphatic rings. The molecule has 0 saturated carbocycles. The molecule has 1 aromatic carbocycles. The van der Waals surface area contributed by atoms with Crippen molar-refractivity contribution in [1.82, 2.24) is 0 Å². The molecule has 0 spiro atoms. The highest BCUT2D eigenvalue weighted by Gasteiger charge is 2.32. The molecular weight excluding hydrogens is 387 g/mol. The van der Waals surface area contributed by atoms with Gasteiger partial charge in [-0.25, -0.2) is 0 Å². The predicted molar refractivity (Wildman–Crippen MR) is 108 cm³/mol. The van der Waals surface area contributed by atoms with E-state index in [4.69, 9.17) is 23.2 Å². The predicted octanol–water partition coefficient (Wildman–Crippen LogP) is 6.33. The molecule has 2 aromatic rings. The number of anilines is 1. The van der Waals surface area contributed by atoms with E-state index in [1.54, 1.807) is 18.2 Å². The third kappa shape index (κ3) is 3.62. The summed E-state index contributed by atoms with van der Waals surface area (Å²) < 4.78 is 0. The number of nitrogens with zero attached hydrogens (tertiary/aromatic N) is 1. The maximum Gasteiger partial charge on any atom is 0.259 e. The Bertz CT molecular complexity index is 886. The zero-order valence-corrected chi connectivity index (χ0v) is 17.3. The summed E-state index contributed by atoms with van der Waals surface area (Å²) in [5.74, 6) is 0.185. The van der Waals surface area contributed by atoms with E-state index < -0.39 is 0 Å². The highest BCUT2D eigenvalue weighted by Crippen LogP contribution is 2.44. The molecule has 0 saturated heterocycles. The number of halogens is 2. The lowest BCUT2D eigenvalue weighted by Crippen LogP contribution is -2.26. The van der Waals surface area contributed by atoms with Gasteiger partial charge in [0.2, 0.25) is 0 Å². The normalized spacial score (nSPS) is 16.7. The van der Waals surface area contributed by atoms with Gasteiger partial charge in [-0.3, -0.25) is 4.79 Å². The smallest absolute Gasteiger partial charge is 0.259 e. The van der Waals surface area contributed by atoms with Crippen LogP contribution in [0.4, 0.5) is 5.00 Å². The van der Waals surface area contributed by atoms with Crippen molar-refractivity contribution in [2.75, 3.05) is 5.32 Å². The minimum Gasteiger partial charge on any atom is -0.312 e. The number of nitrogens with one attached hydrogen (secondary N) is 1. The molecule has 6 heteroatoms. The van der Waals surface area contributed by atoms with Crippen molar-refractivity contribution in [1.29, 1.82) is 5.26 Å². The first kappa shape index (κ1) is 19.2. The molecule has 1 atom stereocenters. The summed E-state index contributed by atoms with van der Waals surface area (Å²) in [6.45, 7) is 6.76. The second kappa shape index (κ2) is 7.23. The Labute approximate surface area is 167 Å². The first-order valence-electron chi connectivity index (χ1n) is 8.52. The molecule has 1 aliphatic carbocycles. The van der Waals surface area contributed by atoms with Gasteiger partial charge in [-0.05, 0) is 48.3 Å². The highest BCUT2D eigenvalue weighted by molar-refractivity contribution is 7.16. The monoisotopic (exact) mass is 406 g/mol. The van der Waals surface area contributed by atoms with Crippen molar-refractivity contribution in [2.24, 2.45) is 11.3 Å². The van der Waals surface area contributed by atoms with E-state index in [1.807, 2.05) is 0 Å². The summed E-state index contributed by atoms with van der Waals surface area (Å²) in [6, 6.07) is 7.22. The van der Waals surface area contributed by atoms with Gasteiger partial charge in [0.05, 0.1) is 21.2 Å². The Morgan fingerprint density at radius 3 is 2.54 bits per heavy atom. The molecule has 0 fully saturated rings. The molecule has 3 nitrogen and oxygen atoms in total. The summed E-state index contributed by atoms with van der Waals surface area (Å²) in [4.78, 5) is 13.9. The van der Waals surface area contributed by atoms with Crippen LogP contribution in [-0.2, 0) is 12.8 Å². The standard InChI is InChI=1S/C20H20Cl2N2OS/c1-20(2,3)11-7-8-12-13(10-23)19(26-16(12)9-11)24-18(25)17-14(21)5-4-6-15(17)22/h4-6,11H,7-9H2,1-3H3,(H,24,25). The second-order valence-electron chi connectivity index (χ2n) is 7.68. The first-order valence-corrected chi connectivity index (χ1v) is 10.1. The number of carbonyl (C=O) groups excluding carboxylic acids is 1. The summed E-state index contributed by atoms with van der Waals surface area (Å²) in [7, 11) is 0. The van der Waals surface area contributed by atoms with E-state index in [1.165, 1.54) is 16.2 Å². The van der Waals surface area contributed by atoms with E-state index in [0.29, 0.717) is 26.5 Å². The van der Waals surface area contributed by atoms with Gasteiger partial charge in [0.1, 0.15) is 11.1 Å². The first-order chi connectivity index (χ1) is 12.2. The van der Waals surface area contributed by atoms with Gasteiger partial charge in [0.25, 0.3) is 5.91 Å². The fourth-order valence-corrected chi connectivity index (χ4v) is 5.25. The summed E-state index contributed by atoms with van der Waals surface area (Å²) >= 11 is 13.8. The van der Waals surface area contributed by atoms with Gasteiger partial charge < -0.3 is 5.32 Å². The van der Waals surface area contributed by atoms with Crippen LogP contribution in [-0.4, -0.2) is 5.91 Å². The lowest BCUT2D eigenvalue weighted by molar-refractivity contribution is 0.102. The van der Waals surface area contributed by atoms with Crippen molar-refractivity contribution in [3.8, 4) is 6.07 Å². The van der Waals surface area contributed by atoms with Crippen molar-refractivity contribution in [2.45, 2.75) is 40.0 Å². The van der Waals surface area contributed by atoms with Crippen molar-refractivity contribution >= 4 is 45.4 Å². The van der Waals surface area contributed by atoms with E-state index in [-0.39, 0.29) is 16.9 Å². The number of thiophene rings is 1. The molecule has 1 unspecified atom stereocenters. The minimum atomic E-state index is -0.386. The largest absolute Gasteiger partial charge is 0.312 e. The molecule has 1 N–H and O–H groups in total. The number of nitriles is 1. The molecule has 1 aromatic heterocycles. The zero-order chi connectivity index (χ0) is 19.1. The molecule has 3 rings (SSSR count). The molecule has 1 amide bonds. The minimum absolute atomic E-state index is 0.225. The van der Waals surface area contributed by atoms with Crippen LogP contribution in [0.15, 0.2) is 18.2 Å². The number of fused-ring (bicyclic) bond motifs is 1. The average Bonchev–Trinajstić information content (AvgIpc) is 2.89. The lowest BCUT2D eigenvalue weighted by atomic mass is 9.72. The zero-order valence-electron chi connectivity index (χ0n) is 15.0.